The summed E-state index contributed by atoms with van der Waals surface area (Å²) in [7, 11) is 0. The number of aromatic carboxylic acids is 1. The van der Waals surface area contributed by atoms with E-state index in [1.807, 2.05) is 0 Å². The van der Waals surface area contributed by atoms with Crippen molar-refractivity contribution in [2.24, 2.45) is 5.73 Å². The summed E-state index contributed by atoms with van der Waals surface area (Å²) in [6.45, 7) is 0.693. The van der Waals surface area contributed by atoms with Crippen LogP contribution in [0.5, 0.6) is 0 Å². The number of carboxylic acids is 1. The van der Waals surface area contributed by atoms with Gasteiger partial charge in [0.15, 0.2) is 0 Å². The summed E-state index contributed by atoms with van der Waals surface area (Å²) in [6, 6.07) is 3.72. The molecular formula is C10H12ClN3O3. The van der Waals surface area contributed by atoms with Crippen LogP contribution in [0.15, 0.2) is 18.2 Å². The van der Waals surface area contributed by atoms with Crippen molar-refractivity contribution < 1.29 is 14.7 Å². The molecule has 0 aliphatic carbocycles. The quantitative estimate of drug-likeness (QED) is 0.649. The number of amides is 2. The van der Waals surface area contributed by atoms with Crippen molar-refractivity contribution in [3.05, 3.63) is 28.8 Å². The Balaban J connectivity index is 2.70. The molecule has 1 rings (SSSR count). The van der Waals surface area contributed by atoms with Gasteiger partial charge in [-0.2, -0.15) is 0 Å². The number of nitrogens with one attached hydrogen (secondary N) is 2. The van der Waals surface area contributed by atoms with Crippen molar-refractivity contribution in [1.82, 2.24) is 5.32 Å². The second-order valence-corrected chi connectivity index (χ2v) is 3.58. The molecule has 2 amide bonds. The number of carboxylic acid groups (broad SMARTS) is 1. The summed E-state index contributed by atoms with van der Waals surface area (Å²) in [6.07, 6.45) is 0. The molecule has 5 N–H and O–H groups in total. The molecule has 0 fully saturated rings. The van der Waals surface area contributed by atoms with Gasteiger partial charge in [-0.1, -0.05) is 11.6 Å². The summed E-state index contributed by atoms with van der Waals surface area (Å²) in [4.78, 5) is 22.0. The lowest BCUT2D eigenvalue weighted by molar-refractivity contribution is 0.0697. The Morgan fingerprint density at radius 2 is 2.12 bits per heavy atom. The van der Waals surface area contributed by atoms with Gasteiger partial charge in [-0.25, -0.2) is 9.59 Å². The van der Waals surface area contributed by atoms with Crippen LogP contribution < -0.4 is 16.4 Å². The molecule has 0 aliphatic rings. The number of carbonyl (C=O) groups excluding carboxylic acids is 1. The number of nitrogens with two attached hydrogens (primary N) is 1. The third-order valence-corrected chi connectivity index (χ3v) is 2.20. The summed E-state index contributed by atoms with van der Waals surface area (Å²) >= 11 is 5.74. The Hall–Kier alpha value is -1.79. The molecule has 17 heavy (non-hydrogen) atoms. The summed E-state index contributed by atoms with van der Waals surface area (Å²) in [5, 5.41) is 13.8. The summed E-state index contributed by atoms with van der Waals surface area (Å²) in [5.74, 6) is -1.12. The average molecular weight is 258 g/mol. The Bertz CT molecular complexity index is 437. The number of halogens is 1. The van der Waals surface area contributed by atoms with Crippen LogP contribution in [0, 0.1) is 0 Å². The largest absolute Gasteiger partial charge is 0.478 e. The first-order valence-corrected chi connectivity index (χ1v) is 5.20. The molecular weight excluding hydrogens is 246 g/mol. The van der Waals surface area contributed by atoms with Gasteiger partial charge in [-0.3, -0.25) is 0 Å². The molecule has 0 unspecified atom stereocenters. The second-order valence-electron chi connectivity index (χ2n) is 3.17. The van der Waals surface area contributed by atoms with Crippen LogP contribution >= 0.6 is 11.6 Å². The van der Waals surface area contributed by atoms with Gasteiger partial charge in [0.1, 0.15) is 0 Å². The van der Waals surface area contributed by atoms with Gasteiger partial charge in [0.05, 0.1) is 10.6 Å². The van der Waals surface area contributed by atoms with Gasteiger partial charge in [0.2, 0.25) is 0 Å². The first-order chi connectivity index (χ1) is 8.04. The maximum absolute atomic E-state index is 11.3. The molecule has 0 aliphatic heterocycles. The predicted molar refractivity (Wildman–Crippen MR) is 64.5 cm³/mol. The van der Waals surface area contributed by atoms with E-state index >= 15 is 0 Å². The van der Waals surface area contributed by atoms with Crippen LogP contribution in [-0.2, 0) is 0 Å². The average Bonchev–Trinajstić information content (AvgIpc) is 2.26. The van der Waals surface area contributed by atoms with Crippen molar-refractivity contribution in [2.45, 2.75) is 0 Å². The fourth-order valence-electron chi connectivity index (χ4n) is 1.13. The summed E-state index contributed by atoms with van der Waals surface area (Å²) < 4.78 is 0. The maximum atomic E-state index is 11.3. The molecule has 0 heterocycles. The first kappa shape index (κ1) is 13.3. The molecule has 0 atom stereocenters. The minimum absolute atomic E-state index is 0.0143. The third-order valence-electron chi connectivity index (χ3n) is 1.89. The van der Waals surface area contributed by atoms with Gasteiger partial charge in [-0.15, -0.1) is 0 Å². The molecule has 1 aromatic carbocycles. The van der Waals surface area contributed by atoms with E-state index in [0.717, 1.165) is 0 Å². The van der Waals surface area contributed by atoms with E-state index in [-0.39, 0.29) is 10.6 Å². The van der Waals surface area contributed by atoms with E-state index in [1.165, 1.54) is 18.2 Å². The van der Waals surface area contributed by atoms with Crippen molar-refractivity contribution in [2.75, 3.05) is 18.4 Å². The van der Waals surface area contributed by atoms with Crippen molar-refractivity contribution in [3.63, 3.8) is 0 Å². The topological polar surface area (TPSA) is 104 Å². The van der Waals surface area contributed by atoms with Gasteiger partial charge in [-0.05, 0) is 18.2 Å². The number of hydrogen-bond donors (Lipinski definition) is 4. The zero-order valence-corrected chi connectivity index (χ0v) is 9.62. The van der Waals surface area contributed by atoms with E-state index in [0.29, 0.717) is 18.8 Å². The number of anilines is 1. The van der Waals surface area contributed by atoms with Crippen LogP contribution in [0.4, 0.5) is 10.5 Å². The lowest BCUT2D eigenvalue weighted by Crippen LogP contribution is -2.32. The zero-order chi connectivity index (χ0) is 12.8. The van der Waals surface area contributed by atoms with Crippen LogP contribution in [0.3, 0.4) is 0 Å². The number of benzene rings is 1. The predicted octanol–water partition coefficient (Wildman–Crippen LogP) is 1.12. The fourth-order valence-corrected chi connectivity index (χ4v) is 1.39. The minimum Gasteiger partial charge on any atom is -0.478 e. The van der Waals surface area contributed by atoms with Crippen LogP contribution in [0.2, 0.25) is 5.02 Å². The highest BCUT2D eigenvalue weighted by Gasteiger charge is 2.09. The molecule has 0 saturated heterocycles. The van der Waals surface area contributed by atoms with Gasteiger partial charge in [0, 0.05) is 18.8 Å². The molecule has 7 heteroatoms. The van der Waals surface area contributed by atoms with Crippen molar-refractivity contribution >= 4 is 29.3 Å². The Morgan fingerprint density at radius 3 is 2.65 bits per heavy atom. The highest BCUT2D eigenvalue weighted by Crippen LogP contribution is 2.20. The molecule has 0 radical (unpaired) electrons. The maximum Gasteiger partial charge on any atom is 0.337 e. The number of urea groups is 1. The van der Waals surface area contributed by atoms with E-state index in [1.54, 1.807) is 0 Å². The first-order valence-electron chi connectivity index (χ1n) is 4.82. The Kier molecular flexibility index (Phi) is 4.74. The number of rotatable bonds is 4. The number of carbonyl (C=O) groups is 2. The molecule has 6 nitrogen and oxygen atoms in total. The monoisotopic (exact) mass is 257 g/mol. The SMILES string of the molecule is NCCNC(=O)Nc1ccc(C(=O)O)c(Cl)c1. The fraction of sp³-hybridized carbons (Fsp3) is 0.200. The summed E-state index contributed by atoms with van der Waals surface area (Å²) in [5.41, 5.74) is 5.62. The highest BCUT2D eigenvalue weighted by atomic mass is 35.5. The normalized spacial score (nSPS) is 9.76. The standard InChI is InChI=1S/C10H12ClN3O3/c11-8-5-6(1-2-7(8)9(15)16)14-10(17)13-4-3-12/h1-2,5H,3-4,12H2,(H,15,16)(H2,13,14,17). The number of hydrogen-bond acceptors (Lipinski definition) is 3. The van der Waals surface area contributed by atoms with Crippen molar-refractivity contribution in [3.8, 4) is 0 Å². The molecule has 1 aromatic rings. The molecule has 0 saturated carbocycles. The van der Waals surface area contributed by atoms with E-state index < -0.39 is 12.0 Å². The highest BCUT2D eigenvalue weighted by molar-refractivity contribution is 6.33. The minimum atomic E-state index is -1.12. The lowest BCUT2D eigenvalue weighted by atomic mass is 10.2. The molecule has 0 aromatic heterocycles. The van der Waals surface area contributed by atoms with Gasteiger partial charge in [0.25, 0.3) is 0 Å². The Morgan fingerprint density at radius 1 is 1.41 bits per heavy atom. The third kappa shape index (κ3) is 3.93. The smallest absolute Gasteiger partial charge is 0.337 e. The van der Waals surface area contributed by atoms with Crippen LogP contribution in [0.25, 0.3) is 0 Å². The molecule has 0 spiro atoms. The van der Waals surface area contributed by atoms with Crippen LogP contribution in [-0.4, -0.2) is 30.2 Å². The van der Waals surface area contributed by atoms with E-state index in [4.69, 9.17) is 22.4 Å². The van der Waals surface area contributed by atoms with Gasteiger partial charge < -0.3 is 21.5 Å². The Labute approximate surface area is 103 Å². The van der Waals surface area contributed by atoms with Crippen LogP contribution in [0.1, 0.15) is 10.4 Å². The van der Waals surface area contributed by atoms with E-state index in [2.05, 4.69) is 10.6 Å². The lowest BCUT2D eigenvalue weighted by Gasteiger charge is -2.07. The van der Waals surface area contributed by atoms with Gasteiger partial charge >= 0.3 is 12.0 Å². The molecule has 0 bridgehead atoms. The molecule has 92 valence electrons. The van der Waals surface area contributed by atoms with E-state index in [9.17, 15) is 9.59 Å². The van der Waals surface area contributed by atoms with Crippen molar-refractivity contribution in [1.29, 1.82) is 0 Å². The second kappa shape index (κ2) is 6.07. The zero-order valence-electron chi connectivity index (χ0n) is 8.87.